The second-order valence-electron chi connectivity index (χ2n) is 5.11. The first-order valence-corrected chi connectivity index (χ1v) is 6.62. The summed E-state index contributed by atoms with van der Waals surface area (Å²) in [6, 6.07) is 8.18. The molecule has 0 saturated heterocycles. The number of fused-ring (bicyclic) bond motifs is 1. The predicted molar refractivity (Wildman–Crippen MR) is 72.5 cm³/mol. The lowest BCUT2D eigenvalue weighted by molar-refractivity contribution is -0.141. The Morgan fingerprint density at radius 3 is 2.65 bits per heavy atom. The first kappa shape index (κ1) is 12.7. The third kappa shape index (κ3) is 2.15. The average molecular weight is 273 g/mol. The molecule has 104 valence electrons. The Bertz CT molecular complexity index is 638. The quantitative estimate of drug-likeness (QED) is 0.929. The fourth-order valence-electron chi connectivity index (χ4n) is 2.34. The highest BCUT2D eigenvalue weighted by Gasteiger charge is 2.39. The summed E-state index contributed by atoms with van der Waals surface area (Å²) in [5, 5.41) is 9.98. The number of amides is 1. The van der Waals surface area contributed by atoms with Crippen LogP contribution in [0.25, 0.3) is 11.0 Å². The summed E-state index contributed by atoms with van der Waals surface area (Å²) in [6.45, 7) is 1.53. The van der Waals surface area contributed by atoms with Crippen LogP contribution in [-0.2, 0) is 4.79 Å². The van der Waals surface area contributed by atoms with Gasteiger partial charge in [-0.2, -0.15) is 0 Å². The van der Waals surface area contributed by atoms with Gasteiger partial charge in [-0.25, -0.2) is 4.79 Å². The van der Waals surface area contributed by atoms with Crippen LogP contribution < -0.4 is 0 Å². The number of hydrogen-bond acceptors (Lipinski definition) is 3. The summed E-state index contributed by atoms with van der Waals surface area (Å²) in [4.78, 5) is 25.1. The first-order chi connectivity index (χ1) is 9.58. The maximum Gasteiger partial charge on any atom is 0.326 e. The van der Waals surface area contributed by atoms with Gasteiger partial charge in [-0.1, -0.05) is 18.2 Å². The van der Waals surface area contributed by atoms with E-state index in [1.807, 2.05) is 18.2 Å². The number of carboxylic acids is 1. The van der Waals surface area contributed by atoms with Gasteiger partial charge in [0.15, 0.2) is 5.76 Å². The standard InChI is InChI=1S/C15H15NO4/c1-9(15(18)19)16(11-6-7-11)14(17)13-8-10-4-2-3-5-12(10)20-13/h2-5,8-9,11H,6-7H2,1H3,(H,18,19). The van der Waals surface area contributed by atoms with E-state index in [1.165, 1.54) is 11.8 Å². The third-order valence-electron chi connectivity index (χ3n) is 3.59. The van der Waals surface area contributed by atoms with Crippen molar-refractivity contribution in [3.8, 4) is 0 Å². The topological polar surface area (TPSA) is 70.8 Å². The summed E-state index contributed by atoms with van der Waals surface area (Å²) >= 11 is 0. The molecule has 1 atom stereocenters. The molecule has 1 amide bonds. The van der Waals surface area contributed by atoms with Crippen molar-refractivity contribution in [2.75, 3.05) is 0 Å². The Morgan fingerprint density at radius 1 is 1.35 bits per heavy atom. The number of nitrogens with zero attached hydrogens (tertiary/aromatic N) is 1. The van der Waals surface area contributed by atoms with Gasteiger partial charge in [0.2, 0.25) is 0 Å². The van der Waals surface area contributed by atoms with Crippen molar-refractivity contribution in [1.29, 1.82) is 0 Å². The highest BCUT2D eigenvalue weighted by molar-refractivity contribution is 5.98. The molecule has 5 heteroatoms. The van der Waals surface area contributed by atoms with E-state index in [1.54, 1.807) is 12.1 Å². The number of para-hydroxylation sites is 1. The zero-order valence-corrected chi connectivity index (χ0v) is 11.1. The SMILES string of the molecule is CC(C(=O)O)N(C(=O)c1cc2ccccc2o1)C1CC1. The van der Waals surface area contributed by atoms with Crippen LogP contribution in [0.15, 0.2) is 34.7 Å². The van der Waals surface area contributed by atoms with Crippen molar-refractivity contribution in [2.24, 2.45) is 0 Å². The van der Waals surface area contributed by atoms with Crippen LogP contribution >= 0.6 is 0 Å². The summed E-state index contributed by atoms with van der Waals surface area (Å²) in [7, 11) is 0. The molecule has 0 bridgehead atoms. The van der Waals surface area contributed by atoms with Gasteiger partial charge in [-0.15, -0.1) is 0 Å². The second-order valence-corrected chi connectivity index (χ2v) is 5.11. The van der Waals surface area contributed by atoms with Gasteiger partial charge in [0.25, 0.3) is 5.91 Å². The van der Waals surface area contributed by atoms with Crippen molar-refractivity contribution < 1.29 is 19.1 Å². The van der Waals surface area contributed by atoms with E-state index in [0.717, 1.165) is 18.2 Å². The fraction of sp³-hybridized carbons (Fsp3) is 0.333. The third-order valence-corrected chi connectivity index (χ3v) is 3.59. The number of furan rings is 1. The monoisotopic (exact) mass is 273 g/mol. The molecule has 1 unspecified atom stereocenters. The van der Waals surface area contributed by atoms with Crippen molar-refractivity contribution in [2.45, 2.75) is 31.8 Å². The molecular formula is C15H15NO4. The molecule has 1 aliphatic rings. The van der Waals surface area contributed by atoms with Crippen LogP contribution in [0.4, 0.5) is 0 Å². The lowest BCUT2D eigenvalue weighted by Gasteiger charge is -2.25. The van der Waals surface area contributed by atoms with Crippen LogP contribution in [0, 0.1) is 0 Å². The van der Waals surface area contributed by atoms with E-state index >= 15 is 0 Å². The zero-order valence-electron chi connectivity index (χ0n) is 11.1. The molecular weight excluding hydrogens is 258 g/mol. The van der Waals surface area contributed by atoms with E-state index in [-0.39, 0.29) is 17.7 Å². The molecule has 1 fully saturated rings. The van der Waals surface area contributed by atoms with E-state index in [0.29, 0.717) is 5.58 Å². The molecule has 1 aromatic carbocycles. The minimum absolute atomic E-state index is 0.0156. The van der Waals surface area contributed by atoms with E-state index in [9.17, 15) is 9.59 Å². The smallest absolute Gasteiger partial charge is 0.326 e. The van der Waals surface area contributed by atoms with Gasteiger partial charge < -0.3 is 14.4 Å². The maximum atomic E-state index is 12.5. The van der Waals surface area contributed by atoms with Crippen LogP contribution in [-0.4, -0.2) is 34.0 Å². The summed E-state index contributed by atoms with van der Waals surface area (Å²) < 4.78 is 5.53. The van der Waals surface area contributed by atoms with Crippen LogP contribution in [0.5, 0.6) is 0 Å². The molecule has 0 radical (unpaired) electrons. The molecule has 2 aromatic rings. The lowest BCUT2D eigenvalue weighted by Crippen LogP contribution is -2.44. The number of aliphatic carboxylic acids is 1. The summed E-state index contributed by atoms with van der Waals surface area (Å²) in [5.74, 6) is -1.15. The largest absolute Gasteiger partial charge is 0.480 e. The Hall–Kier alpha value is -2.30. The normalized spacial score (nSPS) is 16.1. The highest BCUT2D eigenvalue weighted by atomic mass is 16.4. The molecule has 1 N–H and O–H groups in total. The van der Waals surface area contributed by atoms with Crippen molar-refractivity contribution in [3.05, 3.63) is 36.1 Å². The molecule has 1 heterocycles. The van der Waals surface area contributed by atoms with Gasteiger partial charge in [0.1, 0.15) is 11.6 Å². The maximum absolute atomic E-state index is 12.5. The van der Waals surface area contributed by atoms with E-state index in [4.69, 9.17) is 9.52 Å². The van der Waals surface area contributed by atoms with Gasteiger partial charge in [0, 0.05) is 11.4 Å². The van der Waals surface area contributed by atoms with E-state index < -0.39 is 12.0 Å². The van der Waals surface area contributed by atoms with Crippen molar-refractivity contribution >= 4 is 22.8 Å². The number of carbonyl (C=O) groups excluding carboxylic acids is 1. The molecule has 1 saturated carbocycles. The molecule has 20 heavy (non-hydrogen) atoms. The number of hydrogen-bond donors (Lipinski definition) is 1. The average Bonchev–Trinajstić information content (AvgIpc) is 3.16. The first-order valence-electron chi connectivity index (χ1n) is 6.62. The number of carbonyl (C=O) groups is 2. The van der Waals surface area contributed by atoms with Gasteiger partial charge >= 0.3 is 5.97 Å². The summed E-state index contributed by atoms with van der Waals surface area (Å²) in [6.07, 6.45) is 1.70. The molecule has 1 aliphatic carbocycles. The van der Waals surface area contributed by atoms with Crippen molar-refractivity contribution in [3.63, 3.8) is 0 Å². The van der Waals surface area contributed by atoms with Crippen LogP contribution in [0.3, 0.4) is 0 Å². The Morgan fingerprint density at radius 2 is 2.05 bits per heavy atom. The Balaban J connectivity index is 1.94. The van der Waals surface area contributed by atoms with Crippen molar-refractivity contribution in [1.82, 2.24) is 4.90 Å². The highest BCUT2D eigenvalue weighted by Crippen LogP contribution is 2.31. The van der Waals surface area contributed by atoms with Crippen LogP contribution in [0.2, 0.25) is 0 Å². The molecule has 3 rings (SSSR count). The fourth-order valence-corrected chi connectivity index (χ4v) is 2.34. The minimum atomic E-state index is -0.999. The molecule has 5 nitrogen and oxygen atoms in total. The van der Waals surface area contributed by atoms with Gasteiger partial charge in [-0.05, 0) is 31.9 Å². The zero-order chi connectivity index (χ0) is 14.3. The number of rotatable bonds is 4. The molecule has 0 aliphatic heterocycles. The molecule has 0 spiro atoms. The second kappa shape index (κ2) is 4.67. The minimum Gasteiger partial charge on any atom is -0.480 e. The van der Waals surface area contributed by atoms with Gasteiger partial charge in [0.05, 0.1) is 0 Å². The predicted octanol–water partition coefficient (Wildman–Crippen LogP) is 2.51. The number of benzene rings is 1. The lowest BCUT2D eigenvalue weighted by atomic mass is 10.2. The van der Waals surface area contributed by atoms with E-state index in [2.05, 4.69) is 0 Å². The van der Waals surface area contributed by atoms with Gasteiger partial charge in [-0.3, -0.25) is 4.79 Å². The Kier molecular flexibility index (Phi) is 2.97. The summed E-state index contributed by atoms with van der Waals surface area (Å²) in [5.41, 5.74) is 0.634. The Labute approximate surface area is 115 Å². The van der Waals surface area contributed by atoms with Crippen LogP contribution in [0.1, 0.15) is 30.3 Å². The molecule has 1 aromatic heterocycles. The number of carboxylic acid groups (broad SMARTS) is 1.